The van der Waals surface area contributed by atoms with Gasteiger partial charge in [0.25, 0.3) is 0 Å². The van der Waals surface area contributed by atoms with Gasteiger partial charge in [-0.15, -0.1) is 6.58 Å². The van der Waals surface area contributed by atoms with E-state index in [0.29, 0.717) is 5.41 Å². The number of allylic oxidation sites excluding steroid dienone is 1. The summed E-state index contributed by atoms with van der Waals surface area (Å²) >= 11 is 0. The lowest BCUT2D eigenvalue weighted by Gasteiger charge is -2.60. The maximum atomic E-state index is 10.1. The Kier molecular flexibility index (Phi) is 3.72. The van der Waals surface area contributed by atoms with Gasteiger partial charge in [0.15, 0.2) is 0 Å². The smallest absolute Gasteiger partial charge is 0.0543 e. The lowest BCUT2D eigenvalue weighted by Crippen LogP contribution is -2.53. The molecule has 0 saturated heterocycles. The van der Waals surface area contributed by atoms with Gasteiger partial charge in [-0.1, -0.05) is 19.9 Å². The fraction of sp³-hybridized carbons (Fsp3) is 0.905. The molecule has 4 fully saturated rings. The van der Waals surface area contributed by atoms with Crippen LogP contribution in [0.1, 0.15) is 65.2 Å². The highest BCUT2D eigenvalue weighted by Crippen LogP contribution is 2.65. The minimum atomic E-state index is -0.0139. The molecular weight excluding hydrogens is 268 g/mol. The third-order valence-electron chi connectivity index (χ3n) is 8.68. The normalized spacial score (nSPS) is 57.6. The van der Waals surface area contributed by atoms with Crippen molar-refractivity contribution in [3.8, 4) is 0 Å². The first-order valence-corrected chi connectivity index (χ1v) is 9.85. The minimum absolute atomic E-state index is 0.0139. The number of hydrogen-bond acceptors (Lipinski definition) is 1. The summed E-state index contributed by atoms with van der Waals surface area (Å²) in [5.74, 6) is 6.26. The summed E-state index contributed by atoms with van der Waals surface area (Å²) in [6.45, 7) is 9.25. The minimum Gasteiger partial charge on any atom is -0.393 e. The Bertz CT molecular complexity index is 443. The fourth-order valence-corrected chi connectivity index (χ4v) is 7.64. The zero-order valence-electron chi connectivity index (χ0n) is 14.5. The van der Waals surface area contributed by atoms with Gasteiger partial charge in [0.2, 0.25) is 0 Å². The highest BCUT2D eigenvalue weighted by atomic mass is 16.3. The van der Waals surface area contributed by atoms with Crippen LogP contribution in [0.25, 0.3) is 0 Å². The molecule has 0 spiro atoms. The largest absolute Gasteiger partial charge is 0.393 e. The molecule has 0 bridgehead atoms. The Morgan fingerprint density at radius 3 is 2.59 bits per heavy atom. The van der Waals surface area contributed by atoms with Crippen molar-refractivity contribution in [1.29, 1.82) is 0 Å². The Labute approximate surface area is 136 Å². The van der Waals surface area contributed by atoms with E-state index in [2.05, 4.69) is 26.5 Å². The van der Waals surface area contributed by atoms with Gasteiger partial charge in [-0.3, -0.25) is 0 Å². The molecule has 1 heteroatoms. The number of rotatable bonds is 1. The maximum Gasteiger partial charge on any atom is 0.0543 e. The predicted octanol–water partition coefficient (Wildman–Crippen LogP) is 5.05. The summed E-state index contributed by atoms with van der Waals surface area (Å²) in [6, 6.07) is 0. The van der Waals surface area contributed by atoms with Crippen molar-refractivity contribution < 1.29 is 5.11 Å². The van der Waals surface area contributed by atoms with E-state index in [4.69, 9.17) is 0 Å². The van der Waals surface area contributed by atoms with E-state index in [0.717, 1.165) is 54.3 Å². The van der Waals surface area contributed by atoms with Crippen molar-refractivity contribution in [2.45, 2.75) is 71.3 Å². The fourth-order valence-electron chi connectivity index (χ4n) is 7.64. The number of hydrogen-bond donors (Lipinski definition) is 1. The van der Waals surface area contributed by atoms with Crippen LogP contribution in [0.2, 0.25) is 0 Å². The second kappa shape index (κ2) is 5.36. The highest BCUT2D eigenvalue weighted by Gasteiger charge is 2.57. The second-order valence-corrected chi connectivity index (χ2v) is 9.41. The molecule has 4 aliphatic rings. The zero-order chi connectivity index (χ0) is 15.5. The van der Waals surface area contributed by atoms with Crippen molar-refractivity contribution in [3.05, 3.63) is 12.7 Å². The molecule has 4 aliphatic carbocycles. The third-order valence-corrected chi connectivity index (χ3v) is 8.68. The van der Waals surface area contributed by atoms with Crippen molar-refractivity contribution in [2.75, 3.05) is 0 Å². The number of aliphatic hydroxyl groups is 1. The molecule has 124 valence electrons. The lowest BCUT2D eigenvalue weighted by atomic mass is 9.45. The van der Waals surface area contributed by atoms with Crippen LogP contribution in [0.5, 0.6) is 0 Å². The Hall–Kier alpha value is -0.300. The van der Waals surface area contributed by atoms with Crippen LogP contribution in [0.3, 0.4) is 0 Å². The molecule has 0 aromatic heterocycles. The summed E-state index contributed by atoms with van der Waals surface area (Å²) in [4.78, 5) is 0. The standard InChI is InChI=1S/C21H34O/c1-4-14-5-7-18-17-8-6-15-12-16(22)9-10-21(15,3)19(17)11-13(2)20(14)18/h4,13-20,22H,1,5-12H2,2-3H3/t13-,14+,15?,16?,17?,18?,19?,20?,21+/m1/s1. The monoisotopic (exact) mass is 302 g/mol. The van der Waals surface area contributed by atoms with Gasteiger partial charge in [-0.25, -0.2) is 0 Å². The molecule has 9 atom stereocenters. The van der Waals surface area contributed by atoms with Gasteiger partial charge in [0, 0.05) is 0 Å². The van der Waals surface area contributed by atoms with Crippen LogP contribution in [-0.4, -0.2) is 11.2 Å². The van der Waals surface area contributed by atoms with E-state index in [-0.39, 0.29) is 6.10 Å². The molecule has 0 aliphatic heterocycles. The van der Waals surface area contributed by atoms with Gasteiger partial charge in [-0.05, 0) is 98.2 Å². The molecule has 0 aromatic carbocycles. The predicted molar refractivity (Wildman–Crippen MR) is 91.4 cm³/mol. The summed E-state index contributed by atoms with van der Waals surface area (Å²) in [5.41, 5.74) is 0.521. The van der Waals surface area contributed by atoms with Crippen molar-refractivity contribution in [1.82, 2.24) is 0 Å². The molecule has 4 rings (SSSR count). The van der Waals surface area contributed by atoms with Crippen LogP contribution >= 0.6 is 0 Å². The SMILES string of the molecule is C=C[C@H]1CCC2C3CCC4CC(O)CC[C@]4(C)C3C[C@@H](C)C21. The molecule has 4 saturated carbocycles. The van der Waals surface area contributed by atoms with Gasteiger partial charge >= 0.3 is 0 Å². The molecule has 0 radical (unpaired) electrons. The molecule has 22 heavy (non-hydrogen) atoms. The van der Waals surface area contributed by atoms with Gasteiger partial charge in [0.1, 0.15) is 0 Å². The molecule has 1 nitrogen and oxygen atoms in total. The molecular formula is C21H34O. The van der Waals surface area contributed by atoms with E-state index in [1.165, 1.54) is 38.5 Å². The van der Waals surface area contributed by atoms with E-state index in [1.54, 1.807) is 0 Å². The van der Waals surface area contributed by atoms with Crippen molar-refractivity contribution in [2.24, 2.45) is 46.8 Å². The topological polar surface area (TPSA) is 20.2 Å². The first kappa shape index (κ1) is 15.2. The zero-order valence-corrected chi connectivity index (χ0v) is 14.5. The van der Waals surface area contributed by atoms with E-state index in [9.17, 15) is 5.11 Å². The third kappa shape index (κ3) is 2.07. The van der Waals surface area contributed by atoms with E-state index >= 15 is 0 Å². The first-order valence-electron chi connectivity index (χ1n) is 9.85. The first-order chi connectivity index (χ1) is 10.5. The molecule has 6 unspecified atom stereocenters. The Balaban J connectivity index is 1.62. The van der Waals surface area contributed by atoms with Crippen LogP contribution in [-0.2, 0) is 0 Å². The Morgan fingerprint density at radius 2 is 1.82 bits per heavy atom. The summed E-state index contributed by atoms with van der Waals surface area (Å²) in [7, 11) is 0. The molecule has 0 aromatic rings. The average molecular weight is 303 g/mol. The summed E-state index contributed by atoms with van der Waals surface area (Å²) < 4.78 is 0. The molecule has 0 amide bonds. The van der Waals surface area contributed by atoms with E-state index in [1.807, 2.05) is 0 Å². The highest BCUT2D eigenvalue weighted by molar-refractivity contribution is 5.08. The van der Waals surface area contributed by atoms with Crippen LogP contribution in [0.15, 0.2) is 12.7 Å². The van der Waals surface area contributed by atoms with Gasteiger partial charge < -0.3 is 5.11 Å². The number of aliphatic hydroxyl groups excluding tert-OH is 1. The second-order valence-electron chi connectivity index (χ2n) is 9.41. The summed E-state index contributed by atoms with van der Waals surface area (Å²) in [6.07, 6.45) is 12.8. The average Bonchev–Trinajstić information content (AvgIpc) is 2.94. The lowest BCUT2D eigenvalue weighted by molar-refractivity contribution is -0.119. The van der Waals surface area contributed by atoms with E-state index < -0.39 is 0 Å². The van der Waals surface area contributed by atoms with Crippen molar-refractivity contribution >= 4 is 0 Å². The maximum absolute atomic E-state index is 10.1. The molecule has 1 N–H and O–H groups in total. The molecule has 0 heterocycles. The van der Waals surface area contributed by atoms with Crippen LogP contribution in [0, 0.1) is 46.8 Å². The van der Waals surface area contributed by atoms with Crippen LogP contribution in [0.4, 0.5) is 0 Å². The quantitative estimate of drug-likeness (QED) is 0.672. The van der Waals surface area contributed by atoms with Gasteiger partial charge in [0.05, 0.1) is 6.10 Å². The number of fused-ring (bicyclic) bond motifs is 5. The summed E-state index contributed by atoms with van der Waals surface area (Å²) in [5, 5.41) is 10.1. The van der Waals surface area contributed by atoms with Crippen molar-refractivity contribution in [3.63, 3.8) is 0 Å². The Morgan fingerprint density at radius 1 is 1.05 bits per heavy atom. The van der Waals surface area contributed by atoms with Gasteiger partial charge in [-0.2, -0.15) is 0 Å². The van der Waals surface area contributed by atoms with Crippen LogP contribution < -0.4 is 0 Å².